The number of nitrogens with zero attached hydrogens (tertiary/aromatic N) is 2. The van der Waals surface area contributed by atoms with Crippen LogP contribution >= 0.6 is 23.5 Å². The number of rotatable bonds is 10. The van der Waals surface area contributed by atoms with Gasteiger partial charge in [-0.05, 0) is 32.3 Å². The SMILES string of the molecule is [2H]C([2H])([2H])N(Cc1ccc(CSCCN/C(=C/[N+](=O)[O-])SC)o1)C([2H])([2H])[2H]. The fourth-order valence-corrected chi connectivity index (χ4v) is 2.61. The smallest absolute Gasteiger partial charge is 0.263 e. The third-order valence-electron chi connectivity index (χ3n) is 2.26. The quantitative estimate of drug-likeness (QED) is 0.400. The highest BCUT2D eigenvalue weighted by molar-refractivity contribution is 8.02. The van der Waals surface area contributed by atoms with Gasteiger partial charge in [0.25, 0.3) is 6.20 Å². The van der Waals surface area contributed by atoms with Crippen molar-refractivity contribution in [3.8, 4) is 0 Å². The summed E-state index contributed by atoms with van der Waals surface area (Å²) in [6.45, 7) is -5.33. The Hall–Kier alpha value is -1.12. The first-order valence-electron chi connectivity index (χ1n) is 8.99. The van der Waals surface area contributed by atoms with Gasteiger partial charge in [-0.25, -0.2) is 0 Å². The molecule has 6 nitrogen and oxygen atoms in total. The molecule has 0 aliphatic heterocycles. The van der Waals surface area contributed by atoms with Crippen LogP contribution in [0.25, 0.3) is 0 Å². The Bertz CT molecular complexity index is 634. The lowest BCUT2D eigenvalue weighted by Gasteiger charge is -2.06. The third kappa shape index (κ3) is 8.03. The molecule has 0 bridgehead atoms. The molecule has 8 heteroatoms. The zero-order valence-electron chi connectivity index (χ0n) is 17.5. The van der Waals surface area contributed by atoms with Crippen LogP contribution in [0.3, 0.4) is 0 Å². The van der Waals surface area contributed by atoms with Gasteiger partial charge in [0.2, 0.25) is 0 Å². The summed E-state index contributed by atoms with van der Waals surface area (Å²) in [5, 5.41) is 13.8. The van der Waals surface area contributed by atoms with Crippen molar-refractivity contribution in [1.82, 2.24) is 10.2 Å². The fourth-order valence-electron chi connectivity index (χ4n) is 1.43. The van der Waals surface area contributed by atoms with Gasteiger partial charge in [-0.2, -0.15) is 11.8 Å². The second-order valence-corrected chi connectivity index (χ2v) is 5.87. The van der Waals surface area contributed by atoms with E-state index in [4.69, 9.17) is 12.6 Å². The maximum atomic E-state index is 10.4. The van der Waals surface area contributed by atoms with Crippen LogP contribution < -0.4 is 5.32 Å². The van der Waals surface area contributed by atoms with Gasteiger partial charge in [-0.3, -0.25) is 10.1 Å². The molecule has 0 saturated heterocycles. The Morgan fingerprint density at radius 2 is 2.33 bits per heavy atom. The summed E-state index contributed by atoms with van der Waals surface area (Å²) in [7, 11) is 0. The van der Waals surface area contributed by atoms with E-state index in [1.807, 2.05) is 0 Å². The molecule has 0 amide bonds. The molecule has 0 radical (unpaired) electrons. The van der Waals surface area contributed by atoms with E-state index in [9.17, 15) is 10.1 Å². The molecule has 1 aromatic rings. The van der Waals surface area contributed by atoms with Crippen LogP contribution in [-0.2, 0) is 12.3 Å². The Balaban J connectivity index is 2.48. The van der Waals surface area contributed by atoms with Crippen molar-refractivity contribution in [2.45, 2.75) is 12.3 Å². The lowest BCUT2D eigenvalue weighted by atomic mass is 10.4. The van der Waals surface area contributed by atoms with Gasteiger partial charge in [0.05, 0.1) is 17.2 Å². The highest BCUT2D eigenvalue weighted by Crippen LogP contribution is 2.16. The monoisotopic (exact) mass is 337 g/mol. The van der Waals surface area contributed by atoms with Crippen LogP contribution in [0.15, 0.2) is 27.8 Å². The molecule has 0 fully saturated rings. The van der Waals surface area contributed by atoms with E-state index in [-0.39, 0.29) is 12.3 Å². The van der Waals surface area contributed by atoms with Gasteiger partial charge in [0.1, 0.15) is 16.5 Å². The minimum atomic E-state index is -2.76. The number of furan rings is 1. The summed E-state index contributed by atoms with van der Waals surface area (Å²) >= 11 is 2.77. The second kappa shape index (κ2) is 9.75. The van der Waals surface area contributed by atoms with E-state index in [1.54, 1.807) is 18.4 Å². The number of thioether (sulfide) groups is 2. The summed E-state index contributed by atoms with van der Waals surface area (Å²) in [5.41, 5.74) is 0. The normalized spacial score (nSPS) is 17.3. The van der Waals surface area contributed by atoms with Gasteiger partial charge >= 0.3 is 0 Å². The van der Waals surface area contributed by atoms with Crippen molar-refractivity contribution in [2.24, 2.45) is 0 Å². The zero-order chi connectivity index (χ0) is 20.7. The Morgan fingerprint density at radius 3 is 3.00 bits per heavy atom. The Labute approximate surface area is 141 Å². The van der Waals surface area contributed by atoms with Crippen molar-refractivity contribution in [3.05, 3.63) is 45.0 Å². The minimum absolute atomic E-state index is 0.259. The molecule has 0 spiro atoms. The standard InChI is InChI=1S/C13H21N3O3S2/c1-15(2)8-11-4-5-12(19-11)10-21-7-6-14-13(20-3)9-16(17)18/h4-5,9,14H,6-8,10H2,1-3H3/b13-9-/i1D3,2D3. The van der Waals surface area contributed by atoms with E-state index >= 15 is 0 Å². The Kier molecular flexibility index (Phi) is 4.91. The van der Waals surface area contributed by atoms with Gasteiger partial charge in [0, 0.05) is 20.5 Å². The molecule has 0 atom stereocenters. The van der Waals surface area contributed by atoms with E-state index in [1.165, 1.54) is 23.5 Å². The van der Waals surface area contributed by atoms with Crippen LogP contribution in [0.5, 0.6) is 0 Å². The summed E-state index contributed by atoms with van der Waals surface area (Å²) in [5.74, 6) is 2.03. The molecule has 0 aliphatic carbocycles. The van der Waals surface area contributed by atoms with Gasteiger partial charge < -0.3 is 14.6 Å². The topological polar surface area (TPSA) is 71.5 Å². The molecular weight excluding hydrogens is 310 g/mol. The predicted octanol–water partition coefficient (Wildman–Crippen LogP) is 2.60. The summed E-state index contributed by atoms with van der Waals surface area (Å²) in [4.78, 5) is 10.3. The summed E-state index contributed by atoms with van der Waals surface area (Å²) < 4.78 is 49.6. The van der Waals surface area contributed by atoms with Crippen LogP contribution in [-0.4, -0.2) is 42.3 Å². The van der Waals surface area contributed by atoms with Crippen molar-refractivity contribution in [2.75, 3.05) is 32.5 Å². The highest BCUT2D eigenvalue weighted by Gasteiger charge is 2.04. The maximum Gasteiger partial charge on any atom is 0.263 e. The summed E-state index contributed by atoms with van der Waals surface area (Å²) in [6.07, 6.45) is 2.65. The largest absolute Gasteiger partial charge is 0.464 e. The average Bonchev–Trinajstić information content (AvgIpc) is 2.96. The number of nitro groups is 1. The van der Waals surface area contributed by atoms with E-state index in [0.29, 0.717) is 33.7 Å². The number of hydrogen-bond acceptors (Lipinski definition) is 7. The van der Waals surface area contributed by atoms with Gasteiger partial charge in [0.15, 0.2) is 0 Å². The van der Waals surface area contributed by atoms with Crippen molar-refractivity contribution < 1.29 is 17.6 Å². The zero-order valence-corrected chi connectivity index (χ0v) is 13.1. The average molecular weight is 337 g/mol. The van der Waals surface area contributed by atoms with Gasteiger partial charge in [-0.1, -0.05) is 0 Å². The first kappa shape index (κ1) is 10.6. The van der Waals surface area contributed by atoms with E-state index in [0.717, 1.165) is 6.20 Å². The van der Waals surface area contributed by atoms with Crippen molar-refractivity contribution in [1.29, 1.82) is 0 Å². The van der Waals surface area contributed by atoms with E-state index in [2.05, 4.69) is 5.32 Å². The lowest BCUT2D eigenvalue weighted by Crippen LogP contribution is -2.15. The van der Waals surface area contributed by atoms with E-state index < -0.39 is 18.9 Å². The molecule has 1 rings (SSSR count). The number of hydrogen-bond donors (Lipinski definition) is 1. The summed E-state index contributed by atoms with van der Waals surface area (Å²) in [6, 6.07) is 3.23. The maximum absolute atomic E-state index is 10.4. The second-order valence-electron chi connectivity index (χ2n) is 3.92. The fraction of sp³-hybridized carbons (Fsp3) is 0.538. The van der Waals surface area contributed by atoms with Crippen molar-refractivity contribution >= 4 is 23.5 Å². The van der Waals surface area contributed by atoms with Crippen molar-refractivity contribution in [3.63, 3.8) is 0 Å². The molecule has 0 aromatic carbocycles. The first-order valence-corrected chi connectivity index (χ1v) is 8.37. The third-order valence-corrected chi connectivity index (χ3v) is 3.93. The minimum Gasteiger partial charge on any atom is -0.464 e. The molecule has 1 heterocycles. The number of nitrogens with one attached hydrogen (secondary N) is 1. The first-order chi connectivity index (χ1) is 12.4. The van der Waals surface area contributed by atoms with Crippen LogP contribution in [0.1, 0.15) is 19.7 Å². The van der Waals surface area contributed by atoms with Crippen LogP contribution in [0.2, 0.25) is 0 Å². The molecule has 0 saturated carbocycles. The lowest BCUT2D eigenvalue weighted by molar-refractivity contribution is -0.403. The molecule has 1 N–H and O–H groups in total. The predicted molar refractivity (Wildman–Crippen MR) is 88.9 cm³/mol. The van der Waals surface area contributed by atoms with Crippen LogP contribution in [0, 0.1) is 10.1 Å². The molecule has 21 heavy (non-hydrogen) atoms. The van der Waals surface area contributed by atoms with Gasteiger partial charge in [-0.15, -0.1) is 11.8 Å². The molecule has 118 valence electrons. The molecule has 0 unspecified atom stereocenters. The highest BCUT2D eigenvalue weighted by atomic mass is 32.2. The molecule has 1 aromatic heterocycles. The molecular formula is C13H21N3O3S2. The molecule has 0 aliphatic rings. The Morgan fingerprint density at radius 1 is 1.57 bits per heavy atom. The van der Waals surface area contributed by atoms with Crippen LogP contribution in [0.4, 0.5) is 0 Å².